The molecule has 0 saturated heterocycles. The third-order valence-corrected chi connectivity index (χ3v) is 3.64. The molecule has 3 heteroatoms. The highest BCUT2D eigenvalue weighted by atomic mass is 15.0. The Morgan fingerprint density at radius 2 is 1.45 bits per heavy atom. The molecule has 0 bridgehead atoms. The van der Waals surface area contributed by atoms with Gasteiger partial charge in [-0.05, 0) is 25.0 Å². The van der Waals surface area contributed by atoms with Gasteiger partial charge in [-0.3, -0.25) is 0 Å². The fourth-order valence-corrected chi connectivity index (χ4v) is 2.48. The Kier molecular flexibility index (Phi) is 3.96. The van der Waals surface area contributed by atoms with E-state index in [2.05, 4.69) is 65.2 Å². The van der Waals surface area contributed by atoms with E-state index in [1.54, 1.807) is 0 Å². The second-order valence-electron chi connectivity index (χ2n) is 5.39. The first kappa shape index (κ1) is 14.4. The maximum atomic E-state index is 4.60. The molecule has 0 aliphatic carbocycles. The lowest BCUT2D eigenvalue weighted by atomic mass is 9.98. The fraction of sp³-hybridized carbons (Fsp3) is 0.211. The Hall–Kier alpha value is -2.55. The van der Waals surface area contributed by atoms with Crippen molar-refractivity contribution in [2.24, 2.45) is 0 Å². The van der Waals surface area contributed by atoms with Gasteiger partial charge in [0.25, 0.3) is 0 Å². The number of benzene rings is 2. The van der Waals surface area contributed by atoms with Crippen molar-refractivity contribution in [3.63, 3.8) is 0 Å². The van der Waals surface area contributed by atoms with Gasteiger partial charge in [0.05, 0.1) is 0 Å². The van der Waals surface area contributed by atoms with Gasteiger partial charge in [0, 0.05) is 12.0 Å². The molecule has 0 amide bonds. The zero-order chi connectivity index (χ0) is 15.5. The molecule has 1 heterocycles. The molecule has 110 valence electrons. The second kappa shape index (κ2) is 6.06. The Balaban J connectivity index is 2.16. The number of nitrogens with zero attached hydrogens (tertiary/aromatic N) is 3. The fourth-order valence-electron chi connectivity index (χ4n) is 2.48. The molecule has 2 aromatic carbocycles. The third kappa shape index (κ3) is 2.89. The van der Waals surface area contributed by atoms with Crippen LogP contribution in [-0.4, -0.2) is 15.0 Å². The van der Waals surface area contributed by atoms with E-state index in [4.69, 9.17) is 0 Å². The molecule has 0 unspecified atom stereocenters. The number of aromatic nitrogens is 3. The quantitative estimate of drug-likeness (QED) is 0.718. The topological polar surface area (TPSA) is 38.7 Å². The van der Waals surface area contributed by atoms with Gasteiger partial charge in [-0.15, -0.1) is 0 Å². The minimum Gasteiger partial charge on any atom is -0.218 e. The summed E-state index contributed by atoms with van der Waals surface area (Å²) in [6, 6.07) is 16.8. The molecule has 3 aromatic rings. The van der Waals surface area contributed by atoms with Gasteiger partial charge in [-0.25, -0.2) is 15.0 Å². The average Bonchev–Trinajstić information content (AvgIpc) is 2.55. The molecule has 0 N–H and O–H groups in total. The van der Waals surface area contributed by atoms with Gasteiger partial charge in [-0.1, -0.05) is 61.0 Å². The SMILES string of the molecule is CCc1nc(C)nc(-c2ccccc2-c2ccc(C)cc2)n1. The second-order valence-corrected chi connectivity index (χ2v) is 5.39. The average molecular weight is 289 g/mol. The molecule has 1 aromatic heterocycles. The molecule has 0 radical (unpaired) electrons. The van der Waals surface area contributed by atoms with Crippen LogP contribution in [0.15, 0.2) is 48.5 Å². The molecule has 0 fully saturated rings. The van der Waals surface area contributed by atoms with Crippen molar-refractivity contribution in [2.75, 3.05) is 0 Å². The molecule has 0 aliphatic heterocycles. The highest BCUT2D eigenvalue weighted by molar-refractivity contribution is 5.80. The number of aryl methyl sites for hydroxylation is 3. The summed E-state index contributed by atoms with van der Waals surface area (Å²) >= 11 is 0. The van der Waals surface area contributed by atoms with Crippen LogP contribution in [0.2, 0.25) is 0 Å². The molecule has 0 aliphatic rings. The van der Waals surface area contributed by atoms with Crippen LogP contribution in [-0.2, 0) is 6.42 Å². The first-order valence-corrected chi connectivity index (χ1v) is 7.55. The van der Waals surface area contributed by atoms with Crippen LogP contribution in [0.3, 0.4) is 0 Å². The van der Waals surface area contributed by atoms with Crippen LogP contribution < -0.4 is 0 Å². The summed E-state index contributed by atoms with van der Waals surface area (Å²) in [5.41, 5.74) is 4.63. The summed E-state index contributed by atoms with van der Waals surface area (Å²) in [5.74, 6) is 2.35. The number of hydrogen-bond acceptors (Lipinski definition) is 3. The molecule has 0 spiro atoms. The van der Waals surface area contributed by atoms with E-state index in [9.17, 15) is 0 Å². The van der Waals surface area contributed by atoms with Crippen molar-refractivity contribution >= 4 is 0 Å². The monoisotopic (exact) mass is 289 g/mol. The normalized spacial score (nSPS) is 10.7. The largest absolute Gasteiger partial charge is 0.218 e. The van der Waals surface area contributed by atoms with E-state index in [1.807, 2.05) is 19.1 Å². The molecule has 0 atom stereocenters. The van der Waals surface area contributed by atoms with Crippen molar-refractivity contribution in [3.05, 3.63) is 65.7 Å². The maximum Gasteiger partial charge on any atom is 0.163 e. The van der Waals surface area contributed by atoms with E-state index in [0.29, 0.717) is 0 Å². The number of hydrogen-bond donors (Lipinski definition) is 0. The highest BCUT2D eigenvalue weighted by Crippen LogP contribution is 2.30. The standard InChI is InChI=1S/C19H19N3/c1-4-18-20-14(3)21-19(22-18)17-8-6-5-7-16(17)15-11-9-13(2)10-12-15/h5-12H,4H2,1-3H3. The van der Waals surface area contributed by atoms with Gasteiger partial charge >= 0.3 is 0 Å². The summed E-state index contributed by atoms with van der Waals surface area (Å²) in [7, 11) is 0. The van der Waals surface area contributed by atoms with E-state index in [-0.39, 0.29) is 0 Å². The van der Waals surface area contributed by atoms with Crippen molar-refractivity contribution < 1.29 is 0 Å². The zero-order valence-electron chi connectivity index (χ0n) is 13.2. The van der Waals surface area contributed by atoms with Gasteiger partial charge in [0.1, 0.15) is 11.6 Å². The lowest BCUT2D eigenvalue weighted by Crippen LogP contribution is -2.02. The molecule has 0 saturated carbocycles. The van der Waals surface area contributed by atoms with E-state index < -0.39 is 0 Å². The molecular weight excluding hydrogens is 270 g/mol. The Morgan fingerprint density at radius 1 is 0.773 bits per heavy atom. The molecular formula is C19H19N3. The first-order valence-electron chi connectivity index (χ1n) is 7.55. The van der Waals surface area contributed by atoms with Crippen LogP contribution in [0.25, 0.3) is 22.5 Å². The summed E-state index contributed by atoms with van der Waals surface area (Å²) in [4.78, 5) is 13.5. The van der Waals surface area contributed by atoms with Gasteiger partial charge < -0.3 is 0 Å². The summed E-state index contributed by atoms with van der Waals surface area (Å²) in [6.07, 6.45) is 0.809. The van der Waals surface area contributed by atoms with E-state index in [0.717, 1.165) is 35.0 Å². The molecule has 3 rings (SSSR count). The van der Waals surface area contributed by atoms with Gasteiger partial charge in [0.2, 0.25) is 0 Å². The van der Waals surface area contributed by atoms with Crippen LogP contribution >= 0.6 is 0 Å². The Morgan fingerprint density at radius 3 is 2.14 bits per heavy atom. The summed E-state index contributed by atoms with van der Waals surface area (Å²) in [6.45, 7) is 6.07. The number of rotatable bonds is 3. The summed E-state index contributed by atoms with van der Waals surface area (Å²) < 4.78 is 0. The van der Waals surface area contributed by atoms with Crippen LogP contribution in [0, 0.1) is 13.8 Å². The third-order valence-electron chi connectivity index (χ3n) is 3.64. The molecule has 22 heavy (non-hydrogen) atoms. The van der Waals surface area contributed by atoms with Crippen LogP contribution in [0.4, 0.5) is 0 Å². The first-order chi connectivity index (χ1) is 10.7. The van der Waals surface area contributed by atoms with E-state index >= 15 is 0 Å². The lowest BCUT2D eigenvalue weighted by Gasteiger charge is -2.10. The maximum absolute atomic E-state index is 4.60. The molecule has 3 nitrogen and oxygen atoms in total. The minimum absolute atomic E-state index is 0.750. The van der Waals surface area contributed by atoms with Gasteiger partial charge in [-0.2, -0.15) is 0 Å². The van der Waals surface area contributed by atoms with E-state index in [1.165, 1.54) is 11.1 Å². The van der Waals surface area contributed by atoms with Gasteiger partial charge in [0.15, 0.2) is 5.82 Å². The van der Waals surface area contributed by atoms with Crippen molar-refractivity contribution in [3.8, 4) is 22.5 Å². The van der Waals surface area contributed by atoms with Crippen LogP contribution in [0.5, 0.6) is 0 Å². The van der Waals surface area contributed by atoms with Crippen LogP contribution in [0.1, 0.15) is 24.1 Å². The predicted octanol–water partition coefficient (Wildman–Crippen LogP) is 4.38. The summed E-state index contributed by atoms with van der Waals surface area (Å²) in [5, 5.41) is 0. The zero-order valence-corrected chi connectivity index (χ0v) is 13.2. The Bertz CT molecular complexity index is 792. The lowest BCUT2D eigenvalue weighted by molar-refractivity contribution is 0.870. The Labute approximate surface area is 131 Å². The minimum atomic E-state index is 0.750. The predicted molar refractivity (Wildman–Crippen MR) is 89.6 cm³/mol. The van der Waals surface area contributed by atoms with Crippen molar-refractivity contribution in [2.45, 2.75) is 27.2 Å². The van der Waals surface area contributed by atoms with Crippen molar-refractivity contribution in [1.29, 1.82) is 0 Å². The van der Waals surface area contributed by atoms with Crippen molar-refractivity contribution in [1.82, 2.24) is 15.0 Å². The smallest absolute Gasteiger partial charge is 0.163 e. The highest BCUT2D eigenvalue weighted by Gasteiger charge is 2.11.